The fraction of sp³-hybridized carbons (Fsp3) is 0.462. The van der Waals surface area contributed by atoms with Crippen LogP contribution in [0.1, 0.15) is 11.1 Å². The largest absolute Gasteiger partial charge is 0.465 e. The van der Waals surface area contributed by atoms with Gasteiger partial charge in [-0.05, 0) is 29.7 Å². The maximum absolute atomic E-state index is 10.7. The minimum atomic E-state index is -0.799. The molecular weight excluding hydrogens is 296 g/mol. The highest BCUT2D eigenvalue weighted by Crippen LogP contribution is 2.26. The summed E-state index contributed by atoms with van der Waals surface area (Å²) in [7, 11) is 0. The Kier molecular flexibility index (Phi) is 3.03. The molecule has 4 nitrogen and oxygen atoms in total. The maximum Gasteiger partial charge on any atom is 0.407 e. The summed E-state index contributed by atoms with van der Waals surface area (Å²) in [6.45, 7) is 3.28. The molecule has 0 aromatic heterocycles. The first kappa shape index (κ1) is 12.0. The number of hydrogen-bond donors (Lipinski definition) is 1. The zero-order valence-corrected chi connectivity index (χ0v) is 11.6. The quantitative estimate of drug-likeness (QED) is 0.864. The molecule has 0 atom stereocenters. The molecule has 1 aromatic rings. The Bertz CT molecular complexity index is 486. The fourth-order valence-corrected chi connectivity index (χ4v) is 3.11. The Morgan fingerprint density at radius 3 is 2.83 bits per heavy atom. The Labute approximate surface area is 114 Å². The highest BCUT2D eigenvalue weighted by Gasteiger charge is 2.35. The lowest BCUT2D eigenvalue weighted by Crippen LogP contribution is -2.61. The lowest BCUT2D eigenvalue weighted by atomic mass is 9.97. The van der Waals surface area contributed by atoms with Crippen molar-refractivity contribution in [3.63, 3.8) is 0 Å². The summed E-state index contributed by atoms with van der Waals surface area (Å²) in [6.07, 6.45) is 0.255. The smallest absolute Gasteiger partial charge is 0.407 e. The van der Waals surface area contributed by atoms with Crippen molar-refractivity contribution < 1.29 is 9.90 Å². The molecule has 5 heteroatoms. The molecule has 18 heavy (non-hydrogen) atoms. The van der Waals surface area contributed by atoms with Crippen LogP contribution in [0.3, 0.4) is 0 Å². The highest BCUT2D eigenvalue weighted by atomic mass is 79.9. The summed E-state index contributed by atoms with van der Waals surface area (Å²) < 4.78 is 1.13. The van der Waals surface area contributed by atoms with Gasteiger partial charge < -0.3 is 10.0 Å². The third-order valence-electron chi connectivity index (χ3n) is 3.86. The predicted octanol–water partition coefficient (Wildman–Crippen LogP) is 2.17. The summed E-state index contributed by atoms with van der Waals surface area (Å²) >= 11 is 3.50. The van der Waals surface area contributed by atoms with E-state index in [9.17, 15) is 4.79 Å². The van der Waals surface area contributed by atoms with Crippen LogP contribution in [-0.2, 0) is 13.0 Å². The molecule has 0 aliphatic carbocycles. The Balaban J connectivity index is 1.66. The van der Waals surface area contributed by atoms with Gasteiger partial charge in [-0.25, -0.2) is 4.79 Å². The number of hydrogen-bond acceptors (Lipinski definition) is 2. The molecular formula is C13H15BrN2O2. The molecule has 0 unspecified atom stereocenters. The molecule has 3 rings (SSSR count). The Hall–Kier alpha value is -1.07. The second-order valence-corrected chi connectivity index (χ2v) is 5.89. The first-order valence-electron chi connectivity index (χ1n) is 6.13. The topological polar surface area (TPSA) is 43.8 Å². The number of carboxylic acid groups (broad SMARTS) is 1. The van der Waals surface area contributed by atoms with Crippen LogP contribution in [0.15, 0.2) is 22.7 Å². The number of amides is 1. The van der Waals surface area contributed by atoms with E-state index in [-0.39, 0.29) is 0 Å². The van der Waals surface area contributed by atoms with Gasteiger partial charge in [0.2, 0.25) is 0 Å². The molecule has 1 N–H and O–H groups in total. The number of rotatable bonds is 1. The first-order chi connectivity index (χ1) is 8.63. The SMILES string of the molecule is O=C(O)N1CC(N2CCc3cc(Br)ccc3C2)C1. The fourth-order valence-electron chi connectivity index (χ4n) is 2.70. The number of benzene rings is 1. The molecule has 1 fully saturated rings. The summed E-state index contributed by atoms with van der Waals surface area (Å²) in [5.41, 5.74) is 2.79. The van der Waals surface area contributed by atoms with E-state index in [1.165, 1.54) is 16.0 Å². The number of carbonyl (C=O) groups is 1. The van der Waals surface area contributed by atoms with Crippen molar-refractivity contribution in [2.75, 3.05) is 19.6 Å². The number of halogens is 1. The second-order valence-electron chi connectivity index (χ2n) is 4.97. The first-order valence-corrected chi connectivity index (χ1v) is 6.92. The van der Waals surface area contributed by atoms with E-state index < -0.39 is 6.09 Å². The highest BCUT2D eigenvalue weighted by molar-refractivity contribution is 9.10. The van der Waals surface area contributed by atoms with Crippen LogP contribution in [0, 0.1) is 0 Å². The second kappa shape index (κ2) is 4.55. The van der Waals surface area contributed by atoms with Crippen LogP contribution in [0.5, 0.6) is 0 Å². The molecule has 2 heterocycles. The van der Waals surface area contributed by atoms with E-state index in [1.807, 2.05) is 0 Å². The van der Waals surface area contributed by atoms with Gasteiger partial charge in [0, 0.05) is 36.7 Å². The van der Waals surface area contributed by atoms with E-state index >= 15 is 0 Å². The van der Waals surface area contributed by atoms with Gasteiger partial charge >= 0.3 is 6.09 Å². The third kappa shape index (κ3) is 2.12. The average Bonchev–Trinajstić information content (AvgIpc) is 2.26. The van der Waals surface area contributed by atoms with Crippen LogP contribution in [0.2, 0.25) is 0 Å². The van der Waals surface area contributed by atoms with E-state index in [0.29, 0.717) is 19.1 Å². The average molecular weight is 311 g/mol. The summed E-state index contributed by atoms with van der Waals surface area (Å²) in [6, 6.07) is 6.83. The Morgan fingerprint density at radius 2 is 2.11 bits per heavy atom. The Morgan fingerprint density at radius 1 is 1.33 bits per heavy atom. The summed E-state index contributed by atoms with van der Waals surface area (Å²) in [4.78, 5) is 14.6. The van der Waals surface area contributed by atoms with Crippen LogP contribution in [0.4, 0.5) is 4.79 Å². The number of likely N-dealkylation sites (tertiary alicyclic amines) is 1. The molecule has 0 bridgehead atoms. The van der Waals surface area contributed by atoms with Gasteiger partial charge in [-0.2, -0.15) is 0 Å². The normalized spacial score (nSPS) is 20.4. The molecule has 2 aliphatic rings. The summed E-state index contributed by atoms with van der Waals surface area (Å²) in [5, 5.41) is 8.84. The molecule has 0 spiro atoms. The molecule has 96 valence electrons. The van der Waals surface area contributed by atoms with Gasteiger partial charge in [-0.3, -0.25) is 4.90 Å². The number of nitrogens with zero attached hydrogens (tertiary/aromatic N) is 2. The lowest BCUT2D eigenvalue weighted by Gasteiger charge is -2.45. The van der Waals surface area contributed by atoms with Crippen molar-refractivity contribution in [2.24, 2.45) is 0 Å². The van der Waals surface area contributed by atoms with Crippen molar-refractivity contribution in [3.8, 4) is 0 Å². The van der Waals surface area contributed by atoms with Crippen molar-refractivity contribution >= 4 is 22.0 Å². The number of fused-ring (bicyclic) bond motifs is 1. The zero-order chi connectivity index (χ0) is 12.7. The van der Waals surface area contributed by atoms with Crippen LogP contribution >= 0.6 is 15.9 Å². The van der Waals surface area contributed by atoms with Crippen LogP contribution < -0.4 is 0 Å². The van der Waals surface area contributed by atoms with Gasteiger partial charge in [-0.15, -0.1) is 0 Å². The van der Waals surface area contributed by atoms with Gasteiger partial charge in [0.25, 0.3) is 0 Å². The summed E-state index contributed by atoms with van der Waals surface area (Å²) in [5.74, 6) is 0. The van der Waals surface area contributed by atoms with Crippen molar-refractivity contribution in [2.45, 2.75) is 19.0 Å². The van der Waals surface area contributed by atoms with E-state index in [0.717, 1.165) is 24.0 Å². The van der Waals surface area contributed by atoms with Gasteiger partial charge in [0.1, 0.15) is 0 Å². The molecule has 1 amide bonds. The molecule has 2 aliphatic heterocycles. The molecule has 0 radical (unpaired) electrons. The predicted molar refractivity (Wildman–Crippen MR) is 71.6 cm³/mol. The van der Waals surface area contributed by atoms with Crippen LogP contribution in [-0.4, -0.2) is 46.7 Å². The minimum Gasteiger partial charge on any atom is -0.465 e. The van der Waals surface area contributed by atoms with E-state index in [4.69, 9.17) is 5.11 Å². The standard InChI is InChI=1S/C13H15BrN2O2/c14-11-2-1-10-6-15(4-3-9(10)5-11)12-7-16(8-12)13(17)18/h1-2,5,12H,3-4,6-8H2,(H,17,18). The van der Waals surface area contributed by atoms with Crippen LogP contribution in [0.25, 0.3) is 0 Å². The monoisotopic (exact) mass is 310 g/mol. The van der Waals surface area contributed by atoms with Crippen molar-refractivity contribution in [3.05, 3.63) is 33.8 Å². The maximum atomic E-state index is 10.7. The molecule has 0 saturated carbocycles. The zero-order valence-electron chi connectivity index (χ0n) is 9.97. The van der Waals surface area contributed by atoms with E-state index in [2.05, 4.69) is 39.0 Å². The third-order valence-corrected chi connectivity index (χ3v) is 4.35. The lowest BCUT2D eigenvalue weighted by molar-refractivity contribution is 0.0301. The van der Waals surface area contributed by atoms with Gasteiger partial charge in [0.05, 0.1) is 0 Å². The van der Waals surface area contributed by atoms with Gasteiger partial charge in [-0.1, -0.05) is 22.0 Å². The molecule has 1 aromatic carbocycles. The van der Waals surface area contributed by atoms with Crippen molar-refractivity contribution in [1.29, 1.82) is 0 Å². The van der Waals surface area contributed by atoms with Gasteiger partial charge in [0.15, 0.2) is 0 Å². The van der Waals surface area contributed by atoms with Crippen molar-refractivity contribution in [1.82, 2.24) is 9.80 Å². The molecule has 1 saturated heterocycles. The minimum absolute atomic E-state index is 0.401. The van der Waals surface area contributed by atoms with E-state index in [1.54, 1.807) is 0 Å².